The van der Waals surface area contributed by atoms with Gasteiger partial charge in [0.05, 0.1) is 12.1 Å². The van der Waals surface area contributed by atoms with Crippen LogP contribution in [0.3, 0.4) is 0 Å². The summed E-state index contributed by atoms with van der Waals surface area (Å²) in [6.07, 6.45) is 0. The van der Waals surface area contributed by atoms with Crippen molar-refractivity contribution in [2.24, 2.45) is 0 Å². The first-order valence-electron chi connectivity index (χ1n) is 7.59. The number of para-hydroxylation sites is 1. The van der Waals surface area contributed by atoms with Gasteiger partial charge in [-0.15, -0.1) is 5.10 Å². The van der Waals surface area contributed by atoms with Crippen molar-refractivity contribution in [2.45, 2.75) is 26.9 Å². The summed E-state index contributed by atoms with van der Waals surface area (Å²) in [4.78, 5) is 12.7. The summed E-state index contributed by atoms with van der Waals surface area (Å²) >= 11 is 0. The van der Waals surface area contributed by atoms with E-state index in [1.54, 1.807) is 11.8 Å². The molecule has 0 unspecified atom stereocenters. The van der Waals surface area contributed by atoms with E-state index in [2.05, 4.69) is 14.9 Å². The summed E-state index contributed by atoms with van der Waals surface area (Å²) in [6, 6.07) is 9.58. The van der Waals surface area contributed by atoms with E-state index in [4.69, 9.17) is 4.74 Å². The van der Waals surface area contributed by atoms with Crippen molar-refractivity contribution in [3.63, 3.8) is 0 Å². The molecular formula is C17H20N4O2. The second-order valence-corrected chi connectivity index (χ2v) is 5.59. The van der Waals surface area contributed by atoms with Crippen molar-refractivity contribution in [3.05, 3.63) is 47.3 Å². The number of aromatic nitrogens is 4. The normalized spacial score (nSPS) is 11.3. The molecule has 6 nitrogen and oxygen atoms in total. The highest BCUT2D eigenvalue weighted by atomic mass is 16.5. The minimum absolute atomic E-state index is 0.0393. The second-order valence-electron chi connectivity index (χ2n) is 5.59. The van der Waals surface area contributed by atoms with E-state index in [1.165, 1.54) is 0 Å². The van der Waals surface area contributed by atoms with Gasteiger partial charge in [-0.25, -0.2) is 4.68 Å². The number of aryl methyl sites for hydroxylation is 1. The standard InChI is InChI=1S/C17H20N4O2/c1-12-10-14(13(2)20(12)8-9-23-3)17(22)11-21-16-7-5-4-6-15(16)18-19-21/h4-7,10H,8-9,11H2,1-3H3. The fourth-order valence-corrected chi connectivity index (χ4v) is 2.87. The molecule has 0 aliphatic carbocycles. The molecule has 2 aromatic heterocycles. The molecule has 2 heterocycles. The zero-order valence-corrected chi connectivity index (χ0v) is 13.6. The fourth-order valence-electron chi connectivity index (χ4n) is 2.87. The Labute approximate surface area is 134 Å². The summed E-state index contributed by atoms with van der Waals surface area (Å²) < 4.78 is 8.89. The topological polar surface area (TPSA) is 61.9 Å². The number of carbonyl (C=O) groups is 1. The Morgan fingerprint density at radius 1 is 1.26 bits per heavy atom. The van der Waals surface area contributed by atoms with Crippen LogP contribution in [-0.4, -0.2) is 39.1 Å². The average molecular weight is 312 g/mol. The average Bonchev–Trinajstić information content (AvgIpc) is 3.07. The van der Waals surface area contributed by atoms with Crippen LogP contribution in [0.4, 0.5) is 0 Å². The molecule has 0 saturated heterocycles. The van der Waals surface area contributed by atoms with E-state index in [1.807, 2.05) is 44.2 Å². The van der Waals surface area contributed by atoms with Crippen LogP contribution in [0.25, 0.3) is 11.0 Å². The van der Waals surface area contributed by atoms with E-state index in [0.717, 1.165) is 34.5 Å². The van der Waals surface area contributed by atoms with Gasteiger partial charge in [-0.05, 0) is 32.0 Å². The third kappa shape index (κ3) is 2.90. The fraction of sp³-hybridized carbons (Fsp3) is 0.353. The molecule has 6 heteroatoms. The van der Waals surface area contributed by atoms with Crippen molar-refractivity contribution < 1.29 is 9.53 Å². The molecule has 0 amide bonds. The van der Waals surface area contributed by atoms with E-state index in [-0.39, 0.29) is 12.3 Å². The first-order chi connectivity index (χ1) is 11.1. The Balaban J connectivity index is 1.86. The Bertz CT molecular complexity index is 848. The zero-order chi connectivity index (χ0) is 16.4. The minimum atomic E-state index is 0.0393. The van der Waals surface area contributed by atoms with Crippen molar-refractivity contribution in [1.82, 2.24) is 19.6 Å². The third-order valence-corrected chi connectivity index (χ3v) is 4.11. The maximum absolute atomic E-state index is 12.7. The third-order valence-electron chi connectivity index (χ3n) is 4.11. The molecule has 1 aromatic carbocycles. The highest BCUT2D eigenvalue weighted by Gasteiger charge is 2.17. The number of fused-ring (bicyclic) bond motifs is 1. The van der Waals surface area contributed by atoms with Crippen LogP contribution in [0.15, 0.2) is 30.3 Å². The van der Waals surface area contributed by atoms with Crippen molar-refractivity contribution in [2.75, 3.05) is 13.7 Å². The van der Waals surface area contributed by atoms with E-state index >= 15 is 0 Å². The summed E-state index contributed by atoms with van der Waals surface area (Å²) in [7, 11) is 1.68. The molecule has 0 aliphatic rings. The van der Waals surface area contributed by atoms with Crippen LogP contribution >= 0.6 is 0 Å². The van der Waals surface area contributed by atoms with Crippen LogP contribution in [0.2, 0.25) is 0 Å². The first kappa shape index (κ1) is 15.4. The molecule has 23 heavy (non-hydrogen) atoms. The predicted molar refractivity (Wildman–Crippen MR) is 87.6 cm³/mol. The predicted octanol–water partition coefficient (Wildman–Crippen LogP) is 2.38. The van der Waals surface area contributed by atoms with Gasteiger partial charge in [0.15, 0.2) is 5.78 Å². The van der Waals surface area contributed by atoms with Gasteiger partial charge in [-0.3, -0.25) is 4.79 Å². The van der Waals surface area contributed by atoms with Gasteiger partial charge in [-0.1, -0.05) is 17.3 Å². The Hall–Kier alpha value is -2.47. The lowest BCUT2D eigenvalue weighted by atomic mass is 10.1. The van der Waals surface area contributed by atoms with Crippen LogP contribution in [0.1, 0.15) is 21.7 Å². The van der Waals surface area contributed by atoms with E-state index in [0.29, 0.717) is 6.61 Å². The van der Waals surface area contributed by atoms with Crippen LogP contribution < -0.4 is 0 Å². The molecule has 0 saturated carbocycles. The minimum Gasteiger partial charge on any atom is -0.383 e. The van der Waals surface area contributed by atoms with Gasteiger partial charge in [-0.2, -0.15) is 0 Å². The summed E-state index contributed by atoms with van der Waals surface area (Å²) in [5, 5.41) is 8.18. The molecule has 0 fully saturated rings. The molecule has 3 rings (SSSR count). The Morgan fingerprint density at radius 3 is 2.83 bits per heavy atom. The lowest BCUT2D eigenvalue weighted by Gasteiger charge is -2.08. The highest BCUT2D eigenvalue weighted by molar-refractivity contribution is 5.97. The summed E-state index contributed by atoms with van der Waals surface area (Å²) in [5.74, 6) is 0.0393. The maximum atomic E-state index is 12.7. The monoisotopic (exact) mass is 312 g/mol. The maximum Gasteiger partial charge on any atom is 0.186 e. The summed E-state index contributed by atoms with van der Waals surface area (Å²) in [6.45, 7) is 5.53. The summed E-state index contributed by atoms with van der Waals surface area (Å²) in [5.41, 5.74) is 4.43. The van der Waals surface area contributed by atoms with Gasteiger partial charge in [0.2, 0.25) is 0 Å². The van der Waals surface area contributed by atoms with Gasteiger partial charge >= 0.3 is 0 Å². The number of carbonyl (C=O) groups excluding carboxylic acids is 1. The Kier molecular flexibility index (Phi) is 4.25. The van der Waals surface area contributed by atoms with Crippen molar-refractivity contribution >= 4 is 16.8 Å². The molecule has 0 radical (unpaired) electrons. The van der Waals surface area contributed by atoms with Crippen LogP contribution in [-0.2, 0) is 17.8 Å². The molecule has 0 aliphatic heterocycles. The highest BCUT2D eigenvalue weighted by Crippen LogP contribution is 2.17. The van der Waals surface area contributed by atoms with Crippen LogP contribution in [0, 0.1) is 13.8 Å². The number of hydrogen-bond donors (Lipinski definition) is 0. The van der Waals surface area contributed by atoms with Crippen LogP contribution in [0.5, 0.6) is 0 Å². The lowest BCUT2D eigenvalue weighted by Crippen LogP contribution is -2.13. The number of hydrogen-bond acceptors (Lipinski definition) is 4. The molecular weight excluding hydrogens is 292 g/mol. The van der Waals surface area contributed by atoms with Gasteiger partial charge in [0.1, 0.15) is 12.1 Å². The number of methoxy groups -OCH3 is 1. The number of Topliss-reactive ketones (excluding diaryl/α,β-unsaturated/α-hetero) is 1. The van der Waals surface area contributed by atoms with Gasteiger partial charge in [0.25, 0.3) is 0 Å². The molecule has 3 aromatic rings. The van der Waals surface area contributed by atoms with Crippen molar-refractivity contribution in [1.29, 1.82) is 0 Å². The van der Waals surface area contributed by atoms with E-state index in [9.17, 15) is 4.79 Å². The van der Waals surface area contributed by atoms with E-state index < -0.39 is 0 Å². The Morgan fingerprint density at radius 2 is 2.04 bits per heavy atom. The zero-order valence-electron chi connectivity index (χ0n) is 13.6. The number of ether oxygens (including phenoxy) is 1. The smallest absolute Gasteiger partial charge is 0.186 e. The number of rotatable bonds is 6. The molecule has 0 atom stereocenters. The number of nitrogens with zero attached hydrogens (tertiary/aromatic N) is 4. The molecule has 120 valence electrons. The number of benzene rings is 1. The molecule has 0 N–H and O–H groups in total. The van der Waals surface area contributed by atoms with Gasteiger partial charge < -0.3 is 9.30 Å². The molecule has 0 spiro atoms. The second kappa shape index (κ2) is 6.34. The first-order valence-corrected chi connectivity index (χ1v) is 7.59. The molecule has 0 bridgehead atoms. The van der Waals surface area contributed by atoms with Crippen molar-refractivity contribution in [3.8, 4) is 0 Å². The van der Waals surface area contributed by atoms with Gasteiger partial charge in [0, 0.05) is 30.6 Å². The largest absolute Gasteiger partial charge is 0.383 e. The quantitative estimate of drug-likeness (QED) is 0.656. The number of ketones is 1. The SMILES string of the molecule is COCCn1c(C)cc(C(=O)Cn2nnc3ccccc32)c1C. The lowest BCUT2D eigenvalue weighted by molar-refractivity contribution is 0.0967.